The molecule has 0 heterocycles. The summed E-state index contributed by atoms with van der Waals surface area (Å²) in [5.74, 6) is -12.0. The second kappa shape index (κ2) is 29.1. The van der Waals surface area contributed by atoms with Gasteiger partial charge in [0.25, 0.3) is 0 Å². The number of primary amides is 1. The number of phenolic OH excluding ortho intramolecular Hbond substituents is 1. The van der Waals surface area contributed by atoms with E-state index in [1.165, 1.54) is 31.2 Å². The lowest BCUT2D eigenvalue weighted by molar-refractivity contribution is -0.143. The summed E-state index contributed by atoms with van der Waals surface area (Å²) in [7, 11) is 0. The Hall–Kier alpha value is -7.87. The Morgan fingerprint density at radius 3 is 1.69 bits per heavy atom. The Labute approximate surface area is 402 Å². The number of rotatable bonds is 30. The minimum atomic E-state index is -1.84. The molecule has 0 fully saturated rings. The molecule has 0 aliphatic heterocycles. The van der Waals surface area contributed by atoms with Crippen LogP contribution in [0.5, 0.6) is 5.75 Å². The maximum Gasteiger partial charge on any atom is 0.326 e. The number of carbonyl (C=O) groups excluding carboxylic acids is 8. The molecule has 9 atom stereocenters. The van der Waals surface area contributed by atoms with E-state index in [0.29, 0.717) is 17.5 Å². The minimum Gasteiger partial charge on any atom is -0.508 e. The maximum absolute atomic E-state index is 14.0. The molecule has 0 saturated heterocycles. The molecule has 0 radical (unpaired) electrons. The summed E-state index contributed by atoms with van der Waals surface area (Å²) in [6.45, 7) is 3.76. The number of aliphatic imine (C=N–C) groups is 1. The van der Waals surface area contributed by atoms with Crippen molar-refractivity contribution in [3.8, 4) is 5.75 Å². The molecule has 2 aromatic carbocycles. The van der Waals surface area contributed by atoms with Crippen LogP contribution in [0, 0.1) is 5.92 Å². The molecule has 26 heteroatoms. The normalized spacial score (nSPS) is 14.7. The molecule has 2 rings (SSSR count). The number of nitrogens with zero attached hydrogens (tertiary/aromatic N) is 1. The van der Waals surface area contributed by atoms with Crippen LogP contribution in [-0.2, 0) is 60.8 Å². The van der Waals surface area contributed by atoms with Crippen molar-refractivity contribution < 1.29 is 68.4 Å². The quantitative estimate of drug-likeness (QED) is 0.0199. The number of guanidine groups is 1. The Bertz CT molecular complexity index is 2170. The molecule has 0 aromatic heterocycles. The number of aliphatic hydroxyl groups is 1. The first-order valence-electron chi connectivity index (χ1n) is 22.0. The van der Waals surface area contributed by atoms with Crippen LogP contribution in [0.3, 0.4) is 0 Å². The highest BCUT2D eigenvalue weighted by molar-refractivity contribution is 5.98. The second-order valence-electron chi connectivity index (χ2n) is 16.3. The van der Waals surface area contributed by atoms with Crippen molar-refractivity contribution in [2.45, 2.75) is 114 Å². The fraction of sp³-hybridized carbons (Fsp3) is 0.477. The predicted octanol–water partition coefficient (Wildman–Crippen LogP) is -4.56. The molecule has 19 N–H and O–H groups in total. The van der Waals surface area contributed by atoms with Crippen LogP contribution >= 0.6 is 0 Å². The third kappa shape index (κ3) is 21.0. The molecular formula is C44H64N12O14. The van der Waals surface area contributed by atoms with Gasteiger partial charge in [-0.2, -0.15) is 0 Å². The zero-order chi connectivity index (χ0) is 52.7. The Balaban J connectivity index is 2.33. The number of nitrogens with two attached hydrogens (primary N) is 4. The molecule has 384 valence electrons. The number of carboxylic acid groups (broad SMARTS) is 2. The number of phenols is 1. The van der Waals surface area contributed by atoms with Gasteiger partial charge in [-0.15, -0.1) is 0 Å². The van der Waals surface area contributed by atoms with Crippen molar-refractivity contribution in [2.24, 2.45) is 33.8 Å². The van der Waals surface area contributed by atoms with Crippen LogP contribution in [0.15, 0.2) is 59.6 Å². The van der Waals surface area contributed by atoms with Crippen molar-refractivity contribution in [3.63, 3.8) is 0 Å². The van der Waals surface area contributed by atoms with Gasteiger partial charge in [0.15, 0.2) is 5.96 Å². The summed E-state index contributed by atoms with van der Waals surface area (Å²) in [5, 5.41) is 55.4. The van der Waals surface area contributed by atoms with Gasteiger partial charge in [0.1, 0.15) is 48.0 Å². The largest absolute Gasteiger partial charge is 0.508 e. The summed E-state index contributed by atoms with van der Waals surface area (Å²) in [6.07, 6.45) is -3.27. The smallest absolute Gasteiger partial charge is 0.326 e. The van der Waals surface area contributed by atoms with Crippen LogP contribution in [-0.4, -0.2) is 147 Å². The number of nitrogens with one attached hydrogen (secondary N) is 7. The SMILES string of the molecule is CC[C@H](C)[C@H](NC(=O)CNC(=O)[C@H](CCCN=C(N)N)NC(=O)[C@H](CC(N)=O)NC(=O)[C@@H](N)[C@@H](C)O)C(=O)N[C@@H](Cc1ccccc1)C(=O)N[C@@H](CC(=O)O)C(=O)N[C@@H](Cc1ccc(O)cc1)C(=O)O. The van der Waals surface area contributed by atoms with Crippen molar-refractivity contribution in [3.05, 3.63) is 65.7 Å². The second-order valence-corrected chi connectivity index (χ2v) is 16.3. The van der Waals surface area contributed by atoms with Crippen molar-refractivity contribution in [1.29, 1.82) is 0 Å². The van der Waals surface area contributed by atoms with E-state index in [1.54, 1.807) is 44.2 Å². The van der Waals surface area contributed by atoms with Gasteiger partial charge in [0.05, 0.1) is 25.5 Å². The van der Waals surface area contributed by atoms with Gasteiger partial charge in [-0.25, -0.2) is 4.79 Å². The van der Waals surface area contributed by atoms with E-state index in [0.717, 1.165) is 0 Å². The van der Waals surface area contributed by atoms with E-state index in [1.807, 2.05) is 0 Å². The Morgan fingerprint density at radius 1 is 0.629 bits per heavy atom. The third-order valence-corrected chi connectivity index (χ3v) is 10.6. The van der Waals surface area contributed by atoms with Crippen LogP contribution in [0.4, 0.5) is 0 Å². The van der Waals surface area contributed by atoms with Gasteiger partial charge in [-0.05, 0) is 48.9 Å². The van der Waals surface area contributed by atoms with Crippen molar-refractivity contribution in [2.75, 3.05) is 13.1 Å². The summed E-state index contributed by atoms with van der Waals surface area (Å²) < 4.78 is 0. The van der Waals surface area contributed by atoms with Crippen LogP contribution in [0.25, 0.3) is 0 Å². The molecule has 0 spiro atoms. The number of benzene rings is 2. The fourth-order valence-corrected chi connectivity index (χ4v) is 6.48. The zero-order valence-electron chi connectivity index (χ0n) is 38.9. The van der Waals surface area contributed by atoms with E-state index in [4.69, 9.17) is 22.9 Å². The number of hydrogen-bond donors (Lipinski definition) is 15. The number of carboxylic acids is 2. The molecule has 26 nitrogen and oxygen atoms in total. The van der Waals surface area contributed by atoms with Crippen LogP contribution in [0.2, 0.25) is 0 Å². The highest BCUT2D eigenvalue weighted by atomic mass is 16.4. The van der Waals surface area contributed by atoms with Gasteiger partial charge in [-0.1, -0.05) is 62.7 Å². The van der Waals surface area contributed by atoms with Gasteiger partial charge in [0.2, 0.25) is 47.3 Å². The molecule has 0 bridgehead atoms. The van der Waals surface area contributed by atoms with Gasteiger partial charge in [-0.3, -0.25) is 48.1 Å². The Morgan fingerprint density at radius 2 is 1.14 bits per heavy atom. The predicted molar refractivity (Wildman–Crippen MR) is 249 cm³/mol. The summed E-state index contributed by atoms with van der Waals surface area (Å²) in [6, 6.07) is 2.84. The molecule has 70 heavy (non-hydrogen) atoms. The van der Waals surface area contributed by atoms with Crippen molar-refractivity contribution in [1.82, 2.24) is 37.2 Å². The highest BCUT2D eigenvalue weighted by Gasteiger charge is 2.35. The highest BCUT2D eigenvalue weighted by Crippen LogP contribution is 2.13. The van der Waals surface area contributed by atoms with E-state index in [9.17, 15) is 68.4 Å². The lowest BCUT2D eigenvalue weighted by Gasteiger charge is -2.28. The molecule has 0 aliphatic rings. The zero-order valence-corrected chi connectivity index (χ0v) is 38.9. The van der Waals surface area contributed by atoms with Crippen LogP contribution in [0.1, 0.15) is 64.0 Å². The van der Waals surface area contributed by atoms with Gasteiger partial charge < -0.3 is 80.6 Å². The monoisotopic (exact) mass is 984 g/mol. The number of aromatic hydroxyl groups is 1. The summed E-state index contributed by atoms with van der Waals surface area (Å²) in [4.78, 5) is 134. The van der Waals surface area contributed by atoms with E-state index < -0.39 is 133 Å². The topological polar surface area (TPSA) is 452 Å². The number of aliphatic carboxylic acids is 2. The summed E-state index contributed by atoms with van der Waals surface area (Å²) >= 11 is 0. The van der Waals surface area contributed by atoms with E-state index in [-0.39, 0.29) is 43.9 Å². The standard InChI is InChI=1S/C44H64N12O14/c1-4-22(2)36(56-33(60)21-50-37(63)27(11-8-16-49-44(47)48)51-39(65)29(19-32(45)59)53-41(67)35(46)23(3)57)42(68)54-28(17-24-9-6-5-7-10-24)38(64)52-30(20-34(61)62)40(66)55-31(43(69)70)18-25-12-14-26(58)15-13-25/h5-7,9-10,12-15,22-23,27-31,35-36,57-58H,4,8,11,16-21,46H2,1-3H3,(H2,45,59)(H,50,63)(H,51,65)(H,52,64)(H,53,67)(H,54,68)(H,55,66)(H,56,60)(H,61,62)(H,69,70)(H4,47,48,49)/t22-,23+,27-,28-,29-,30-,31-,35-,36-/m0/s1. The molecular weight excluding hydrogens is 921 g/mol. The van der Waals surface area contributed by atoms with Gasteiger partial charge >= 0.3 is 11.9 Å². The molecule has 0 saturated carbocycles. The summed E-state index contributed by atoms with van der Waals surface area (Å²) in [5.41, 5.74) is 22.6. The minimum absolute atomic E-state index is 0.00281. The average Bonchev–Trinajstić information content (AvgIpc) is 3.29. The van der Waals surface area contributed by atoms with Crippen molar-refractivity contribution >= 4 is 65.2 Å². The average molecular weight is 985 g/mol. The first-order valence-corrected chi connectivity index (χ1v) is 22.0. The number of aliphatic hydroxyl groups excluding tert-OH is 1. The van der Waals surface area contributed by atoms with E-state index >= 15 is 0 Å². The molecule has 2 aromatic rings. The third-order valence-electron chi connectivity index (χ3n) is 10.6. The lowest BCUT2D eigenvalue weighted by atomic mass is 9.97. The molecule has 0 unspecified atom stereocenters. The lowest BCUT2D eigenvalue weighted by Crippen LogP contribution is -2.60. The van der Waals surface area contributed by atoms with Crippen LogP contribution < -0.4 is 60.2 Å². The first kappa shape index (κ1) is 58.3. The Kier molecular flexibility index (Phi) is 24.2. The molecule has 8 amide bonds. The molecule has 0 aliphatic carbocycles. The maximum atomic E-state index is 14.0. The van der Waals surface area contributed by atoms with Gasteiger partial charge in [0, 0.05) is 19.4 Å². The number of hydrogen-bond acceptors (Lipinski definition) is 14. The number of amides is 8. The van der Waals surface area contributed by atoms with E-state index in [2.05, 4.69) is 42.2 Å². The first-order chi connectivity index (χ1) is 32.9. The fourth-order valence-electron chi connectivity index (χ4n) is 6.48. The number of carbonyl (C=O) groups is 10.